The predicted molar refractivity (Wildman–Crippen MR) is 77.0 cm³/mol. The van der Waals surface area contributed by atoms with Gasteiger partial charge in [0.25, 0.3) is 0 Å². The third-order valence-electron chi connectivity index (χ3n) is 2.67. The Labute approximate surface area is 118 Å². The highest BCUT2D eigenvalue weighted by Gasteiger charge is 2.23. The molecule has 0 amide bonds. The molecular formula is C13H18O4S2. The van der Waals surface area contributed by atoms with Crippen LogP contribution in [0.1, 0.15) is 13.3 Å². The molecule has 1 aromatic carbocycles. The van der Waals surface area contributed by atoms with Gasteiger partial charge < -0.3 is 4.74 Å². The van der Waals surface area contributed by atoms with E-state index < -0.39 is 21.1 Å². The van der Waals surface area contributed by atoms with Crippen LogP contribution in [0.5, 0.6) is 0 Å². The second kappa shape index (κ2) is 7.55. The lowest BCUT2D eigenvalue weighted by Crippen LogP contribution is -2.25. The molecule has 0 aliphatic rings. The summed E-state index contributed by atoms with van der Waals surface area (Å²) in [4.78, 5) is 12.1. The Hall–Kier alpha value is -1.01. The molecule has 0 aliphatic heterocycles. The first-order chi connectivity index (χ1) is 8.95. The third kappa shape index (κ3) is 5.65. The van der Waals surface area contributed by atoms with Crippen LogP contribution in [0, 0.1) is 0 Å². The van der Waals surface area contributed by atoms with Crippen LogP contribution in [0.25, 0.3) is 0 Å². The first kappa shape index (κ1) is 16.0. The van der Waals surface area contributed by atoms with Crippen molar-refractivity contribution in [2.45, 2.75) is 23.5 Å². The number of sulfone groups is 1. The summed E-state index contributed by atoms with van der Waals surface area (Å²) < 4.78 is 28.4. The first-order valence-corrected chi connectivity index (χ1v) is 8.62. The highest BCUT2D eigenvalue weighted by molar-refractivity contribution is 8.00. The summed E-state index contributed by atoms with van der Waals surface area (Å²) in [6.07, 6.45) is -0.0885. The van der Waals surface area contributed by atoms with Gasteiger partial charge in [0.05, 0.1) is 24.5 Å². The number of thioether (sulfide) groups is 1. The van der Waals surface area contributed by atoms with Gasteiger partial charge in [-0.3, -0.25) is 4.79 Å². The zero-order chi connectivity index (χ0) is 14.3. The highest BCUT2D eigenvalue weighted by Crippen LogP contribution is 2.18. The number of methoxy groups -OCH3 is 1. The fourth-order valence-electron chi connectivity index (χ4n) is 1.44. The Morgan fingerprint density at radius 2 is 1.95 bits per heavy atom. The molecule has 0 aliphatic carbocycles. The van der Waals surface area contributed by atoms with Crippen molar-refractivity contribution < 1.29 is 17.9 Å². The fourth-order valence-corrected chi connectivity index (χ4v) is 4.08. The molecule has 19 heavy (non-hydrogen) atoms. The van der Waals surface area contributed by atoms with Gasteiger partial charge in [0.1, 0.15) is 0 Å². The van der Waals surface area contributed by atoms with E-state index in [9.17, 15) is 13.2 Å². The van der Waals surface area contributed by atoms with Crippen LogP contribution in [-0.2, 0) is 19.4 Å². The predicted octanol–water partition coefficient (Wildman–Crippen LogP) is 2.15. The molecule has 0 aromatic heterocycles. The van der Waals surface area contributed by atoms with E-state index in [2.05, 4.69) is 4.74 Å². The minimum Gasteiger partial charge on any atom is -0.469 e. The standard InChI is InChI=1S/C13H18O4S2/c1-11(10-13(14)17-2)19(15,16)9-8-18-12-6-4-3-5-7-12/h3-7,11H,8-10H2,1-2H3. The monoisotopic (exact) mass is 302 g/mol. The summed E-state index contributed by atoms with van der Waals surface area (Å²) in [5.41, 5.74) is 0. The number of ether oxygens (including phenoxy) is 1. The summed E-state index contributed by atoms with van der Waals surface area (Å²) in [5, 5.41) is -0.698. The van der Waals surface area contributed by atoms with Gasteiger partial charge in [-0.05, 0) is 19.1 Å². The number of hydrogen-bond acceptors (Lipinski definition) is 5. The molecule has 1 rings (SSSR count). The maximum Gasteiger partial charge on any atom is 0.306 e. The van der Waals surface area contributed by atoms with E-state index >= 15 is 0 Å². The van der Waals surface area contributed by atoms with E-state index in [1.54, 1.807) is 6.92 Å². The summed E-state index contributed by atoms with van der Waals surface area (Å²) in [6.45, 7) is 1.54. The Balaban J connectivity index is 2.44. The van der Waals surface area contributed by atoms with Gasteiger partial charge in [-0.15, -0.1) is 11.8 Å². The summed E-state index contributed by atoms with van der Waals surface area (Å²) in [5.74, 6) is 0.0505. The zero-order valence-corrected chi connectivity index (χ0v) is 12.7. The van der Waals surface area contributed by atoms with Crippen molar-refractivity contribution in [3.8, 4) is 0 Å². The Bertz CT molecular complexity index is 497. The molecular weight excluding hydrogens is 284 g/mol. The number of carbonyl (C=O) groups excluding carboxylic acids is 1. The minimum atomic E-state index is -3.26. The minimum absolute atomic E-state index is 0.0602. The average Bonchev–Trinajstić information content (AvgIpc) is 2.39. The maximum atomic E-state index is 12.0. The van der Waals surface area contributed by atoms with Gasteiger partial charge in [0, 0.05) is 10.6 Å². The maximum absolute atomic E-state index is 12.0. The second-order valence-electron chi connectivity index (χ2n) is 4.12. The molecule has 0 saturated carbocycles. The largest absolute Gasteiger partial charge is 0.469 e. The van der Waals surface area contributed by atoms with Crippen molar-refractivity contribution >= 4 is 27.6 Å². The second-order valence-corrected chi connectivity index (χ2v) is 7.83. The van der Waals surface area contributed by atoms with Crippen LogP contribution in [0.4, 0.5) is 0 Å². The quantitative estimate of drug-likeness (QED) is 0.570. The van der Waals surface area contributed by atoms with E-state index in [0.717, 1.165) is 4.90 Å². The van der Waals surface area contributed by atoms with Crippen LogP contribution >= 0.6 is 11.8 Å². The smallest absolute Gasteiger partial charge is 0.306 e. The molecule has 0 fully saturated rings. The van der Waals surface area contributed by atoms with Gasteiger partial charge in [0.2, 0.25) is 0 Å². The van der Waals surface area contributed by atoms with Crippen LogP contribution in [-0.4, -0.2) is 38.3 Å². The van der Waals surface area contributed by atoms with Gasteiger partial charge in [-0.2, -0.15) is 0 Å². The van der Waals surface area contributed by atoms with Gasteiger partial charge >= 0.3 is 5.97 Å². The van der Waals surface area contributed by atoms with Crippen molar-refractivity contribution in [1.29, 1.82) is 0 Å². The Kier molecular flexibility index (Phi) is 6.37. The molecule has 0 spiro atoms. The SMILES string of the molecule is COC(=O)CC(C)S(=O)(=O)CCSc1ccccc1. The van der Waals surface area contributed by atoms with Crippen molar-refractivity contribution in [1.82, 2.24) is 0 Å². The molecule has 0 radical (unpaired) electrons. The summed E-state index contributed by atoms with van der Waals surface area (Å²) >= 11 is 1.49. The molecule has 4 nitrogen and oxygen atoms in total. The van der Waals surface area contributed by atoms with E-state index in [4.69, 9.17) is 0 Å². The summed E-state index contributed by atoms with van der Waals surface area (Å²) in [7, 11) is -2.00. The lowest BCUT2D eigenvalue weighted by Gasteiger charge is -2.11. The van der Waals surface area contributed by atoms with E-state index in [0.29, 0.717) is 5.75 Å². The van der Waals surface area contributed by atoms with Crippen molar-refractivity contribution in [2.75, 3.05) is 18.6 Å². The van der Waals surface area contributed by atoms with Crippen molar-refractivity contribution in [2.24, 2.45) is 0 Å². The molecule has 0 bridgehead atoms. The number of benzene rings is 1. The third-order valence-corrected chi connectivity index (χ3v) is 6.11. The molecule has 1 aromatic rings. The molecule has 1 unspecified atom stereocenters. The zero-order valence-electron chi connectivity index (χ0n) is 11.0. The van der Waals surface area contributed by atoms with Crippen molar-refractivity contribution in [3.05, 3.63) is 30.3 Å². The lowest BCUT2D eigenvalue weighted by atomic mass is 10.3. The molecule has 6 heteroatoms. The molecule has 1 atom stereocenters. The number of esters is 1. The number of hydrogen-bond donors (Lipinski definition) is 0. The Morgan fingerprint density at radius 1 is 1.32 bits per heavy atom. The molecule has 0 N–H and O–H groups in total. The Morgan fingerprint density at radius 3 is 2.53 bits per heavy atom. The van der Waals surface area contributed by atoms with E-state index in [-0.39, 0.29) is 12.2 Å². The van der Waals surface area contributed by atoms with Crippen LogP contribution in [0.2, 0.25) is 0 Å². The van der Waals surface area contributed by atoms with Gasteiger partial charge in [0.15, 0.2) is 9.84 Å². The topological polar surface area (TPSA) is 60.4 Å². The van der Waals surface area contributed by atoms with Crippen molar-refractivity contribution in [3.63, 3.8) is 0 Å². The van der Waals surface area contributed by atoms with E-state index in [1.165, 1.54) is 18.9 Å². The molecule has 0 heterocycles. The van der Waals surface area contributed by atoms with Crippen LogP contribution in [0.3, 0.4) is 0 Å². The van der Waals surface area contributed by atoms with Gasteiger partial charge in [-0.1, -0.05) is 18.2 Å². The molecule has 106 valence electrons. The fraction of sp³-hybridized carbons (Fsp3) is 0.462. The number of rotatable bonds is 7. The van der Waals surface area contributed by atoms with E-state index in [1.807, 2.05) is 30.3 Å². The molecule has 0 saturated heterocycles. The lowest BCUT2D eigenvalue weighted by molar-refractivity contribution is -0.140. The summed E-state index contributed by atoms with van der Waals surface area (Å²) in [6, 6.07) is 9.62. The normalized spacial score (nSPS) is 12.9. The first-order valence-electron chi connectivity index (χ1n) is 5.92. The number of carbonyl (C=O) groups is 1. The highest BCUT2D eigenvalue weighted by atomic mass is 32.2. The van der Waals surface area contributed by atoms with Crippen LogP contribution in [0.15, 0.2) is 35.2 Å². The average molecular weight is 302 g/mol. The van der Waals surface area contributed by atoms with Gasteiger partial charge in [-0.25, -0.2) is 8.42 Å². The van der Waals surface area contributed by atoms with Crippen LogP contribution < -0.4 is 0 Å².